The number of amides is 2. The molecule has 0 fully saturated rings. The topological polar surface area (TPSA) is 95.6 Å². The molecule has 0 saturated heterocycles. The van der Waals surface area contributed by atoms with Crippen molar-refractivity contribution in [2.24, 2.45) is 0 Å². The zero-order valence-corrected chi connectivity index (χ0v) is 20.9. The second-order valence-electron chi connectivity index (χ2n) is 8.73. The van der Waals surface area contributed by atoms with Crippen LogP contribution < -0.4 is 29.0 Å². The number of methoxy groups -OCH3 is 3. The van der Waals surface area contributed by atoms with Crippen molar-refractivity contribution in [2.75, 3.05) is 28.1 Å². The zero-order chi connectivity index (χ0) is 25.9. The van der Waals surface area contributed by atoms with Crippen LogP contribution in [0.3, 0.4) is 0 Å². The van der Waals surface area contributed by atoms with Gasteiger partial charge in [-0.25, -0.2) is 0 Å². The maximum Gasteiger partial charge on any atom is 0.255 e. The van der Waals surface area contributed by atoms with E-state index in [4.69, 9.17) is 23.7 Å². The molecule has 9 nitrogen and oxygen atoms in total. The van der Waals surface area contributed by atoms with Gasteiger partial charge >= 0.3 is 0 Å². The lowest BCUT2D eigenvalue weighted by Gasteiger charge is -2.29. The Balaban J connectivity index is 1.42. The summed E-state index contributed by atoms with van der Waals surface area (Å²) in [6.45, 7) is 0.894. The molecule has 192 valence electrons. The van der Waals surface area contributed by atoms with Gasteiger partial charge in [0.05, 0.1) is 33.8 Å². The smallest absolute Gasteiger partial charge is 0.255 e. The van der Waals surface area contributed by atoms with Gasteiger partial charge in [-0.05, 0) is 47.0 Å². The minimum Gasteiger partial charge on any atom is -0.493 e. The van der Waals surface area contributed by atoms with Gasteiger partial charge in [-0.2, -0.15) is 0 Å². The van der Waals surface area contributed by atoms with E-state index in [1.165, 1.54) is 21.3 Å². The first-order chi connectivity index (χ1) is 18.0. The summed E-state index contributed by atoms with van der Waals surface area (Å²) in [5.41, 5.74) is 3.15. The SMILES string of the molecule is COc1cc([C@H](CC(=O)NCc2ccc3c(c2)OCO3)N2Cc3ccccc3C2=O)cc(OC)c1OC. The molecule has 2 amide bonds. The second-order valence-corrected chi connectivity index (χ2v) is 8.73. The van der Waals surface area contributed by atoms with E-state index in [1.807, 2.05) is 42.5 Å². The molecule has 0 radical (unpaired) electrons. The first-order valence-corrected chi connectivity index (χ1v) is 11.9. The average molecular weight is 505 g/mol. The molecule has 2 aliphatic rings. The van der Waals surface area contributed by atoms with Crippen LogP contribution in [-0.4, -0.2) is 44.8 Å². The van der Waals surface area contributed by atoms with Crippen molar-refractivity contribution in [3.8, 4) is 28.7 Å². The minimum absolute atomic E-state index is 0.0446. The molecular formula is C28H28N2O7. The Bertz CT molecular complexity index is 1310. The Morgan fingerprint density at radius 1 is 0.973 bits per heavy atom. The van der Waals surface area contributed by atoms with Crippen molar-refractivity contribution in [1.29, 1.82) is 0 Å². The molecule has 2 aliphatic heterocycles. The number of hydrogen-bond acceptors (Lipinski definition) is 7. The molecule has 1 N–H and O–H groups in total. The van der Waals surface area contributed by atoms with Crippen LogP contribution in [0, 0.1) is 0 Å². The molecule has 0 aromatic heterocycles. The number of rotatable bonds is 9. The highest BCUT2D eigenvalue weighted by Gasteiger charge is 2.35. The molecule has 0 bridgehead atoms. The fraction of sp³-hybridized carbons (Fsp3) is 0.286. The number of nitrogens with zero attached hydrogens (tertiary/aromatic N) is 1. The van der Waals surface area contributed by atoms with Gasteiger partial charge in [-0.3, -0.25) is 9.59 Å². The van der Waals surface area contributed by atoms with Gasteiger partial charge in [-0.1, -0.05) is 24.3 Å². The molecule has 0 spiro atoms. The number of fused-ring (bicyclic) bond motifs is 2. The minimum atomic E-state index is -0.564. The van der Waals surface area contributed by atoms with Crippen LogP contribution in [0.15, 0.2) is 54.6 Å². The molecule has 5 rings (SSSR count). The molecule has 0 saturated carbocycles. The predicted octanol–water partition coefficient (Wildman–Crippen LogP) is 3.84. The highest BCUT2D eigenvalue weighted by molar-refractivity contribution is 5.99. The van der Waals surface area contributed by atoms with Crippen LogP contribution in [0.4, 0.5) is 0 Å². The summed E-state index contributed by atoms with van der Waals surface area (Å²) in [7, 11) is 4.60. The van der Waals surface area contributed by atoms with E-state index in [0.29, 0.717) is 53.0 Å². The maximum absolute atomic E-state index is 13.4. The fourth-order valence-electron chi connectivity index (χ4n) is 4.73. The molecule has 3 aromatic rings. The van der Waals surface area contributed by atoms with Gasteiger partial charge in [0.1, 0.15) is 0 Å². The quantitative estimate of drug-likeness (QED) is 0.473. The van der Waals surface area contributed by atoms with Crippen LogP contribution in [0.1, 0.15) is 39.5 Å². The summed E-state index contributed by atoms with van der Waals surface area (Å²) in [5.74, 6) is 2.35. The number of nitrogens with one attached hydrogen (secondary N) is 1. The van der Waals surface area contributed by atoms with Crippen molar-refractivity contribution in [3.63, 3.8) is 0 Å². The van der Waals surface area contributed by atoms with E-state index in [1.54, 1.807) is 17.0 Å². The summed E-state index contributed by atoms with van der Waals surface area (Å²) < 4.78 is 27.3. The van der Waals surface area contributed by atoms with E-state index in [2.05, 4.69) is 5.32 Å². The highest BCUT2D eigenvalue weighted by atomic mass is 16.7. The molecule has 9 heteroatoms. The van der Waals surface area contributed by atoms with Gasteiger partial charge in [0.15, 0.2) is 23.0 Å². The van der Waals surface area contributed by atoms with E-state index in [0.717, 1.165) is 11.1 Å². The second kappa shape index (κ2) is 10.3. The lowest BCUT2D eigenvalue weighted by Crippen LogP contribution is -2.34. The predicted molar refractivity (Wildman–Crippen MR) is 134 cm³/mol. The Hall–Kier alpha value is -4.40. The van der Waals surface area contributed by atoms with Crippen molar-refractivity contribution in [2.45, 2.75) is 25.6 Å². The lowest BCUT2D eigenvalue weighted by atomic mass is 10.00. The third-order valence-corrected chi connectivity index (χ3v) is 6.60. The normalized spacial score (nSPS) is 14.2. The molecule has 37 heavy (non-hydrogen) atoms. The third-order valence-electron chi connectivity index (χ3n) is 6.60. The van der Waals surface area contributed by atoms with E-state index in [9.17, 15) is 9.59 Å². The Labute approximate surface area is 214 Å². The van der Waals surface area contributed by atoms with E-state index < -0.39 is 6.04 Å². The maximum atomic E-state index is 13.4. The first kappa shape index (κ1) is 24.3. The van der Waals surface area contributed by atoms with Gasteiger partial charge < -0.3 is 33.9 Å². The van der Waals surface area contributed by atoms with Gasteiger partial charge in [0.25, 0.3) is 5.91 Å². The Kier molecular flexibility index (Phi) is 6.76. The van der Waals surface area contributed by atoms with Crippen LogP contribution in [-0.2, 0) is 17.9 Å². The molecule has 2 heterocycles. The summed E-state index contributed by atoms with van der Waals surface area (Å²) in [5, 5.41) is 2.97. The van der Waals surface area contributed by atoms with E-state index in [-0.39, 0.29) is 25.0 Å². The van der Waals surface area contributed by atoms with E-state index >= 15 is 0 Å². The lowest BCUT2D eigenvalue weighted by molar-refractivity contribution is -0.122. The highest BCUT2D eigenvalue weighted by Crippen LogP contribution is 2.43. The standard InChI is InChI=1S/C28H28N2O7/c1-33-24-11-19(12-25(34-2)27(24)35-3)21(30-15-18-6-4-5-7-20(18)28(30)32)13-26(31)29-14-17-8-9-22-23(10-17)37-16-36-22/h4-12,21H,13-16H2,1-3H3,(H,29,31)/t21-/m0/s1. The number of carbonyl (C=O) groups excluding carboxylic acids is 2. The summed E-state index contributed by atoms with van der Waals surface area (Å²) in [4.78, 5) is 28.3. The largest absolute Gasteiger partial charge is 0.493 e. The molecule has 1 atom stereocenters. The number of hydrogen-bond donors (Lipinski definition) is 1. The molecule has 0 unspecified atom stereocenters. The Morgan fingerprint density at radius 2 is 1.70 bits per heavy atom. The van der Waals surface area contributed by atoms with Crippen LogP contribution in [0.5, 0.6) is 28.7 Å². The molecular weight excluding hydrogens is 476 g/mol. The third kappa shape index (κ3) is 4.72. The van der Waals surface area contributed by atoms with Crippen molar-refractivity contribution in [1.82, 2.24) is 10.2 Å². The van der Waals surface area contributed by atoms with Gasteiger partial charge in [0, 0.05) is 18.7 Å². The fourth-order valence-corrected chi connectivity index (χ4v) is 4.73. The van der Waals surface area contributed by atoms with Crippen molar-refractivity contribution >= 4 is 11.8 Å². The number of benzene rings is 3. The van der Waals surface area contributed by atoms with Crippen LogP contribution in [0.25, 0.3) is 0 Å². The Morgan fingerprint density at radius 3 is 2.41 bits per heavy atom. The number of carbonyl (C=O) groups is 2. The van der Waals surface area contributed by atoms with Gasteiger partial charge in [0.2, 0.25) is 18.4 Å². The molecule has 0 aliphatic carbocycles. The van der Waals surface area contributed by atoms with Gasteiger partial charge in [-0.15, -0.1) is 0 Å². The van der Waals surface area contributed by atoms with Crippen molar-refractivity contribution < 1.29 is 33.3 Å². The summed E-state index contributed by atoms with van der Waals surface area (Å²) in [6, 6.07) is 16.0. The summed E-state index contributed by atoms with van der Waals surface area (Å²) >= 11 is 0. The van der Waals surface area contributed by atoms with Crippen LogP contribution >= 0.6 is 0 Å². The zero-order valence-electron chi connectivity index (χ0n) is 20.9. The monoisotopic (exact) mass is 504 g/mol. The van der Waals surface area contributed by atoms with Crippen LogP contribution in [0.2, 0.25) is 0 Å². The summed E-state index contributed by atoms with van der Waals surface area (Å²) in [6.07, 6.45) is 0.0446. The molecule has 3 aromatic carbocycles. The van der Waals surface area contributed by atoms with Crippen molar-refractivity contribution in [3.05, 3.63) is 76.9 Å². The number of ether oxygens (including phenoxy) is 5. The average Bonchev–Trinajstić information content (AvgIpc) is 3.53. The first-order valence-electron chi connectivity index (χ1n) is 11.9.